The molecule has 0 bridgehead atoms. The molecule has 31 heavy (non-hydrogen) atoms. The van der Waals surface area contributed by atoms with E-state index in [9.17, 15) is 9.59 Å². The van der Waals surface area contributed by atoms with Crippen LogP contribution in [0.5, 0.6) is 11.5 Å². The van der Waals surface area contributed by atoms with Crippen LogP contribution in [0.2, 0.25) is 0 Å². The fraction of sp³-hybridized carbons (Fsp3) is 0.400. The molecule has 2 N–H and O–H groups in total. The number of thioether (sulfide) groups is 1. The van der Waals surface area contributed by atoms with Gasteiger partial charge in [-0.05, 0) is 37.1 Å². The zero-order valence-electron chi connectivity index (χ0n) is 17.2. The van der Waals surface area contributed by atoms with Crippen LogP contribution in [0, 0.1) is 0 Å². The SMILES string of the molecule is COc1ccc(-c2cc3c(=O)[nH]nc(SCC(=O)NCC4CCCO4)n3n2)cc1OC. The average molecular weight is 446 g/mol. The zero-order valence-corrected chi connectivity index (χ0v) is 18.0. The van der Waals surface area contributed by atoms with Crippen molar-refractivity contribution in [1.82, 2.24) is 25.1 Å². The quantitative estimate of drug-likeness (QED) is 0.501. The summed E-state index contributed by atoms with van der Waals surface area (Å²) >= 11 is 1.19. The van der Waals surface area contributed by atoms with Crippen LogP contribution in [-0.2, 0) is 9.53 Å². The Balaban J connectivity index is 1.53. The highest BCUT2D eigenvalue weighted by Gasteiger charge is 2.18. The fourth-order valence-electron chi connectivity index (χ4n) is 3.34. The van der Waals surface area contributed by atoms with Gasteiger partial charge in [0.2, 0.25) is 11.1 Å². The molecule has 0 saturated carbocycles. The van der Waals surface area contributed by atoms with Crippen molar-refractivity contribution in [3.05, 3.63) is 34.6 Å². The lowest BCUT2D eigenvalue weighted by molar-refractivity contribution is -0.119. The number of fused-ring (bicyclic) bond motifs is 1. The molecule has 3 aromatic rings. The summed E-state index contributed by atoms with van der Waals surface area (Å²) in [5.41, 5.74) is 1.30. The molecule has 1 aliphatic rings. The molecule has 1 fully saturated rings. The number of nitrogens with one attached hydrogen (secondary N) is 2. The van der Waals surface area contributed by atoms with Gasteiger partial charge >= 0.3 is 0 Å². The molecular formula is C20H23N5O5S. The molecule has 164 valence electrons. The largest absolute Gasteiger partial charge is 0.493 e. The number of rotatable bonds is 8. The number of aromatic nitrogens is 4. The molecule has 1 aromatic carbocycles. The molecule has 0 spiro atoms. The number of ether oxygens (including phenoxy) is 3. The number of benzene rings is 1. The molecule has 1 saturated heterocycles. The summed E-state index contributed by atoms with van der Waals surface area (Å²) in [5.74, 6) is 1.17. The number of aromatic amines is 1. The van der Waals surface area contributed by atoms with Crippen LogP contribution in [-0.4, -0.2) is 64.9 Å². The first kappa shape index (κ1) is 21.2. The molecule has 4 rings (SSSR count). The van der Waals surface area contributed by atoms with Crippen molar-refractivity contribution in [3.63, 3.8) is 0 Å². The summed E-state index contributed by atoms with van der Waals surface area (Å²) in [6.07, 6.45) is 2.07. The van der Waals surface area contributed by atoms with Gasteiger partial charge < -0.3 is 19.5 Å². The van der Waals surface area contributed by atoms with Crippen molar-refractivity contribution in [1.29, 1.82) is 0 Å². The maximum Gasteiger partial charge on any atom is 0.290 e. The maximum absolute atomic E-state index is 12.3. The third kappa shape index (κ3) is 4.67. The minimum atomic E-state index is -0.369. The van der Waals surface area contributed by atoms with E-state index in [0.29, 0.717) is 34.4 Å². The number of methoxy groups -OCH3 is 2. The summed E-state index contributed by atoms with van der Waals surface area (Å²) < 4.78 is 17.6. The summed E-state index contributed by atoms with van der Waals surface area (Å²) in [5, 5.41) is 14.3. The fourth-order valence-corrected chi connectivity index (χ4v) is 4.07. The highest BCUT2D eigenvalue weighted by Crippen LogP contribution is 2.32. The molecule has 11 heteroatoms. The standard InChI is InChI=1S/C20H23N5O5S/c1-28-16-6-5-12(8-17(16)29-2)14-9-15-19(27)22-23-20(25(15)24-14)31-11-18(26)21-10-13-4-3-7-30-13/h5-6,8-9,13H,3-4,7,10-11H2,1-2H3,(H,21,26)(H,22,27). The molecule has 1 atom stereocenters. The Labute approximate surface area is 182 Å². The van der Waals surface area contributed by atoms with Crippen LogP contribution < -0.4 is 20.3 Å². The lowest BCUT2D eigenvalue weighted by atomic mass is 10.1. The second kappa shape index (κ2) is 9.40. The van der Waals surface area contributed by atoms with Gasteiger partial charge in [0.15, 0.2) is 11.5 Å². The van der Waals surface area contributed by atoms with Gasteiger partial charge in [-0.25, -0.2) is 9.61 Å². The van der Waals surface area contributed by atoms with Gasteiger partial charge in [0.25, 0.3) is 5.56 Å². The zero-order chi connectivity index (χ0) is 21.8. The Kier molecular flexibility index (Phi) is 6.42. The van der Waals surface area contributed by atoms with E-state index in [0.717, 1.165) is 25.0 Å². The molecular weight excluding hydrogens is 422 g/mol. The Morgan fingerprint density at radius 3 is 2.90 bits per heavy atom. The van der Waals surface area contributed by atoms with Crippen LogP contribution in [0.3, 0.4) is 0 Å². The Morgan fingerprint density at radius 2 is 2.16 bits per heavy atom. The topological polar surface area (TPSA) is 120 Å². The molecule has 2 aromatic heterocycles. The van der Waals surface area contributed by atoms with E-state index in [1.54, 1.807) is 32.4 Å². The van der Waals surface area contributed by atoms with E-state index < -0.39 is 0 Å². The van der Waals surface area contributed by atoms with Crippen molar-refractivity contribution in [2.24, 2.45) is 0 Å². The number of carbonyl (C=O) groups is 1. The van der Waals surface area contributed by atoms with Crippen molar-refractivity contribution in [3.8, 4) is 22.8 Å². The second-order valence-corrected chi connectivity index (χ2v) is 7.90. The molecule has 1 unspecified atom stereocenters. The minimum Gasteiger partial charge on any atom is -0.493 e. The van der Waals surface area contributed by atoms with Crippen molar-refractivity contribution < 1.29 is 19.0 Å². The van der Waals surface area contributed by atoms with E-state index in [1.807, 2.05) is 6.07 Å². The number of nitrogens with zero attached hydrogens (tertiary/aromatic N) is 3. The van der Waals surface area contributed by atoms with Gasteiger partial charge in [0, 0.05) is 18.7 Å². The molecule has 0 radical (unpaired) electrons. The minimum absolute atomic E-state index is 0.0852. The van der Waals surface area contributed by atoms with E-state index in [1.165, 1.54) is 16.3 Å². The molecule has 10 nitrogen and oxygen atoms in total. The first-order valence-corrected chi connectivity index (χ1v) is 10.8. The summed E-state index contributed by atoms with van der Waals surface area (Å²) in [6, 6.07) is 7.06. The molecule has 0 aliphatic carbocycles. The van der Waals surface area contributed by atoms with Crippen molar-refractivity contribution >= 4 is 23.2 Å². The van der Waals surface area contributed by atoms with E-state index in [-0.39, 0.29) is 23.3 Å². The predicted molar refractivity (Wildman–Crippen MR) is 115 cm³/mol. The number of amides is 1. The third-order valence-corrected chi connectivity index (χ3v) is 5.87. The lowest BCUT2D eigenvalue weighted by Gasteiger charge is -2.10. The molecule has 1 aliphatic heterocycles. The Morgan fingerprint density at radius 1 is 1.32 bits per heavy atom. The van der Waals surface area contributed by atoms with E-state index in [4.69, 9.17) is 14.2 Å². The van der Waals surface area contributed by atoms with Gasteiger partial charge in [0.1, 0.15) is 5.52 Å². The first-order valence-electron chi connectivity index (χ1n) is 9.81. The summed E-state index contributed by atoms with van der Waals surface area (Å²) in [7, 11) is 3.12. The first-order chi connectivity index (χ1) is 15.1. The summed E-state index contributed by atoms with van der Waals surface area (Å²) in [6.45, 7) is 1.25. The normalized spacial score (nSPS) is 15.9. The number of hydrogen-bond acceptors (Lipinski definition) is 8. The molecule has 3 heterocycles. The van der Waals surface area contributed by atoms with Crippen LogP contribution in [0.15, 0.2) is 34.2 Å². The molecule has 1 amide bonds. The van der Waals surface area contributed by atoms with Gasteiger partial charge in [-0.15, -0.1) is 5.10 Å². The average Bonchev–Trinajstić information content (AvgIpc) is 3.47. The Hall–Kier alpha value is -3.05. The second-order valence-electron chi connectivity index (χ2n) is 6.96. The van der Waals surface area contributed by atoms with E-state index in [2.05, 4.69) is 20.6 Å². The highest BCUT2D eigenvalue weighted by molar-refractivity contribution is 7.99. The van der Waals surface area contributed by atoms with Crippen molar-refractivity contribution in [2.45, 2.75) is 24.1 Å². The monoisotopic (exact) mass is 445 g/mol. The van der Waals surface area contributed by atoms with Crippen LogP contribution >= 0.6 is 11.8 Å². The number of carbonyl (C=O) groups excluding carboxylic acids is 1. The predicted octanol–water partition coefficient (Wildman–Crippen LogP) is 1.49. The third-order valence-electron chi connectivity index (χ3n) is 4.94. The van der Waals surface area contributed by atoms with Gasteiger partial charge in [-0.2, -0.15) is 5.10 Å². The van der Waals surface area contributed by atoms with Gasteiger partial charge in [0.05, 0.1) is 31.8 Å². The van der Waals surface area contributed by atoms with Crippen LogP contribution in [0.1, 0.15) is 12.8 Å². The van der Waals surface area contributed by atoms with Crippen molar-refractivity contribution in [2.75, 3.05) is 33.1 Å². The lowest BCUT2D eigenvalue weighted by Crippen LogP contribution is -2.33. The smallest absolute Gasteiger partial charge is 0.290 e. The Bertz CT molecular complexity index is 1140. The number of hydrogen-bond donors (Lipinski definition) is 2. The van der Waals surface area contributed by atoms with Gasteiger partial charge in [-0.1, -0.05) is 11.8 Å². The number of H-pyrrole nitrogens is 1. The van der Waals surface area contributed by atoms with E-state index >= 15 is 0 Å². The van der Waals surface area contributed by atoms with Crippen LogP contribution in [0.25, 0.3) is 16.8 Å². The maximum atomic E-state index is 12.3. The highest BCUT2D eigenvalue weighted by atomic mass is 32.2. The summed E-state index contributed by atoms with van der Waals surface area (Å²) in [4.78, 5) is 24.5. The van der Waals surface area contributed by atoms with Crippen LogP contribution in [0.4, 0.5) is 0 Å². The van der Waals surface area contributed by atoms with Gasteiger partial charge in [-0.3, -0.25) is 9.59 Å².